The van der Waals surface area contributed by atoms with E-state index in [1.807, 2.05) is 37.3 Å². The Labute approximate surface area is 163 Å². The standard InChI is InChI=1S/C21H26BrNO3/c1-14(15-9-11-17(22)12-10-15)18(19(23)24)21(26,13-20(2,3)25)16-7-5-4-6-8-16/h4-12,14,18,25-26H,13H2,1-3H3,(H2,23,24)/t14-,18?,21?/m1/s1. The first-order valence-electron chi connectivity index (χ1n) is 8.59. The van der Waals surface area contributed by atoms with E-state index in [9.17, 15) is 15.0 Å². The third-order valence-electron chi connectivity index (χ3n) is 4.69. The summed E-state index contributed by atoms with van der Waals surface area (Å²) in [6.45, 7) is 5.10. The quantitative estimate of drug-likeness (QED) is 0.639. The van der Waals surface area contributed by atoms with Crippen LogP contribution in [0.1, 0.15) is 44.2 Å². The van der Waals surface area contributed by atoms with Crippen molar-refractivity contribution >= 4 is 21.8 Å². The highest BCUT2D eigenvalue weighted by molar-refractivity contribution is 9.10. The van der Waals surface area contributed by atoms with Crippen molar-refractivity contribution in [3.8, 4) is 0 Å². The molecule has 0 saturated heterocycles. The number of primary amides is 1. The Morgan fingerprint density at radius 2 is 1.62 bits per heavy atom. The highest BCUT2D eigenvalue weighted by atomic mass is 79.9. The second kappa shape index (κ2) is 7.91. The molecule has 0 spiro atoms. The fourth-order valence-electron chi connectivity index (χ4n) is 3.63. The molecule has 0 fully saturated rings. The molecule has 0 heterocycles. The van der Waals surface area contributed by atoms with Crippen LogP contribution < -0.4 is 5.73 Å². The van der Waals surface area contributed by atoms with Gasteiger partial charge in [-0.05, 0) is 43.0 Å². The maximum absolute atomic E-state index is 12.5. The number of hydrogen-bond acceptors (Lipinski definition) is 3. The molecule has 0 bridgehead atoms. The SMILES string of the molecule is C[C@H](c1ccc(Br)cc1)C(C(N)=O)C(O)(CC(C)(C)O)c1ccccc1. The zero-order valence-electron chi connectivity index (χ0n) is 15.3. The minimum atomic E-state index is -1.60. The van der Waals surface area contributed by atoms with E-state index in [2.05, 4.69) is 15.9 Å². The second-order valence-electron chi connectivity index (χ2n) is 7.50. The van der Waals surface area contributed by atoms with Crippen molar-refractivity contribution in [3.05, 3.63) is 70.2 Å². The lowest BCUT2D eigenvalue weighted by atomic mass is 9.68. The summed E-state index contributed by atoms with van der Waals surface area (Å²) >= 11 is 3.40. The monoisotopic (exact) mass is 419 g/mol. The summed E-state index contributed by atoms with van der Waals surface area (Å²) in [5, 5.41) is 22.1. The molecule has 2 rings (SSSR count). The first-order valence-corrected chi connectivity index (χ1v) is 9.39. The molecule has 0 radical (unpaired) electrons. The van der Waals surface area contributed by atoms with Gasteiger partial charge in [0.15, 0.2) is 0 Å². The zero-order chi connectivity index (χ0) is 19.5. The molecular formula is C21H26BrNO3. The molecule has 4 nitrogen and oxygen atoms in total. The average Bonchev–Trinajstić information content (AvgIpc) is 2.54. The van der Waals surface area contributed by atoms with E-state index in [-0.39, 0.29) is 12.3 Å². The number of benzene rings is 2. The van der Waals surface area contributed by atoms with Crippen LogP contribution in [-0.4, -0.2) is 21.7 Å². The molecule has 0 saturated carbocycles. The fraction of sp³-hybridized carbons (Fsp3) is 0.381. The van der Waals surface area contributed by atoms with Gasteiger partial charge in [-0.25, -0.2) is 0 Å². The fourth-order valence-corrected chi connectivity index (χ4v) is 3.90. The Morgan fingerprint density at radius 1 is 1.08 bits per heavy atom. The van der Waals surface area contributed by atoms with Gasteiger partial charge in [0.25, 0.3) is 0 Å². The molecule has 26 heavy (non-hydrogen) atoms. The molecule has 2 unspecified atom stereocenters. The van der Waals surface area contributed by atoms with Crippen LogP contribution in [0, 0.1) is 5.92 Å². The van der Waals surface area contributed by atoms with Gasteiger partial charge in [0.2, 0.25) is 5.91 Å². The summed E-state index contributed by atoms with van der Waals surface area (Å²) in [7, 11) is 0. The van der Waals surface area contributed by atoms with E-state index in [1.165, 1.54) is 0 Å². The van der Waals surface area contributed by atoms with Crippen LogP contribution in [0.4, 0.5) is 0 Å². The molecule has 0 aliphatic rings. The third-order valence-corrected chi connectivity index (χ3v) is 5.22. The van der Waals surface area contributed by atoms with E-state index < -0.39 is 23.0 Å². The van der Waals surface area contributed by atoms with Crippen LogP contribution in [0.2, 0.25) is 0 Å². The largest absolute Gasteiger partial charge is 0.390 e. The smallest absolute Gasteiger partial charge is 0.224 e. The Bertz CT molecular complexity index is 740. The average molecular weight is 420 g/mol. The summed E-state index contributed by atoms with van der Waals surface area (Å²) in [5.41, 5.74) is 4.43. The number of halogens is 1. The number of carbonyl (C=O) groups is 1. The molecule has 3 atom stereocenters. The molecule has 1 amide bonds. The summed E-state index contributed by atoms with van der Waals surface area (Å²) in [6, 6.07) is 16.5. The van der Waals surface area contributed by atoms with Crippen LogP contribution in [0.25, 0.3) is 0 Å². The molecule has 2 aromatic carbocycles. The lowest BCUT2D eigenvalue weighted by Gasteiger charge is -2.41. The topological polar surface area (TPSA) is 83.6 Å². The molecule has 0 aliphatic heterocycles. The first-order chi connectivity index (χ1) is 12.0. The van der Waals surface area contributed by atoms with Gasteiger partial charge in [-0.3, -0.25) is 4.79 Å². The zero-order valence-corrected chi connectivity index (χ0v) is 16.9. The third kappa shape index (κ3) is 4.72. The van der Waals surface area contributed by atoms with Crippen molar-refractivity contribution in [1.82, 2.24) is 0 Å². The molecule has 0 aliphatic carbocycles. The van der Waals surface area contributed by atoms with Crippen molar-refractivity contribution in [2.75, 3.05) is 0 Å². The van der Waals surface area contributed by atoms with E-state index in [1.54, 1.807) is 38.1 Å². The van der Waals surface area contributed by atoms with Crippen molar-refractivity contribution < 1.29 is 15.0 Å². The van der Waals surface area contributed by atoms with Gasteiger partial charge < -0.3 is 15.9 Å². The molecular weight excluding hydrogens is 394 g/mol. The van der Waals surface area contributed by atoms with Gasteiger partial charge >= 0.3 is 0 Å². The van der Waals surface area contributed by atoms with Crippen LogP contribution >= 0.6 is 15.9 Å². The molecule has 5 heteroatoms. The van der Waals surface area contributed by atoms with Crippen LogP contribution in [0.5, 0.6) is 0 Å². The molecule has 0 aromatic heterocycles. The van der Waals surface area contributed by atoms with Crippen LogP contribution in [-0.2, 0) is 10.4 Å². The summed E-state index contributed by atoms with van der Waals surface area (Å²) in [5.74, 6) is -1.85. The molecule has 140 valence electrons. The van der Waals surface area contributed by atoms with Crippen LogP contribution in [0.15, 0.2) is 59.1 Å². The van der Waals surface area contributed by atoms with Gasteiger partial charge in [-0.15, -0.1) is 0 Å². The van der Waals surface area contributed by atoms with Gasteiger partial charge in [0.1, 0.15) is 5.60 Å². The minimum absolute atomic E-state index is 0.0154. The summed E-state index contributed by atoms with van der Waals surface area (Å²) in [6.07, 6.45) is -0.0154. The van der Waals surface area contributed by atoms with Crippen molar-refractivity contribution in [1.29, 1.82) is 0 Å². The van der Waals surface area contributed by atoms with Gasteiger partial charge in [0.05, 0.1) is 11.5 Å². The Kier molecular flexibility index (Phi) is 6.27. The van der Waals surface area contributed by atoms with E-state index in [0.29, 0.717) is 5.56 Å². The first kappa shape index (κ1) is 20.6. The number of carbonyl (C=O) groups excluding carboxylic acids is 1. The normalized spacial score (nSPS) is 16.5. The van der Waals surface area contributed by atoms with Crippen molar-refractivity contribution in [2.45, 2.75) is 44.3 Å². The van der Waals surface area contributed by atoms with E-state index in [4.69, 9.17) is 5.73 Å². The maximum atomic E-state index is 12.5. The predicted molar refractivity (Wildman–Crippen MR) is 106 cm³/mol. The molecule has 2 aromatic rings. The van der Waals surface area contributed by atoms with Gasteiger partial charge in [0, 0.05) is 10.9 Å². The number of hydrogen-bond donors (Lipinski definition) is 3. The van der Waals surface area contributed by atoms with Crippen molar-refractivity contribution in [2.24, 2.45) is 11.7 Å². The number of rotatable bonds is 7. The molecule has 4 N–H and O–H groups in total. The van der Waals surface area contributed by atoms with Gasteiger partial charge in [-0.1, -0.05) is 65.3 Å². The number of aliphatic hydroxyl groups is 2. The second-order valence-corrected chi connectivity index (χ2v) is 8.42. The number of nitrogens with two attached hydrogens (primary N) is 1. The van der Waals surface area contributed by atoms with Crippen molar-refractivity contribution in [3.63, 3.8) is 0 Å². The highest BCUT2D eigenvalue weighted by Crippen LogP contribution is 2.44. The lowest BCUT2D eigenvalue weighted by molar-refractivity contribution is -0.141. The van der Waals surface area contributed by atoms with Crippen LogP contribution in [0.3, 0.4) is 0 Å². The Morgan fingerprint density at radius 3 is 2.08 bits per heavy atom. The Balaban J connectivity index is 2.57. The van der Waals surface area contributed by atoms with E-state index >= 15 is 0 Å². The highest BCUT2D eigenvalue weighted by Gasteiger charge is 2.47. The predicted octanol–water partition coefficient (Wildman–Crippen LogP) is 3.70. The number of amides is 1. The van der Waals surface area contributed by atoms with Gasteiger partial charge in [-0.2, -0.15) is 0 Å². The summed E-state index contributed by atoms with van der Waals surface area (Å²) in [4.78, 5) is 12.5. The summed E-state index contributed by atoms with van der Waals surface area (Å²) < 4.78 is 0.930. The Hall–Kier alpha value is -1.69. The lowest BCUT2D eigenvalue weighted by Crippen LogP contribution is -2.49. The van der Waals surface area contributed by atoms with E-state index in [0.717, 1.165) is 10.0 Å². The minimum Gasteiger partial charge on any atom is -0.390 e. The maximum Gasteiger partial charge on any atom is 0.224 e.